The number of nitrogens with zero attached hydrogens (tertiary/aromatic N) is 1. The van der Waals surface area contributed by atoms with E-state index in [-0.39, 0.29) is 24.0 Å². The van der Waals surface area contributed by atoms with Gasteiger partial charge >= 0.3 is 5.63 Å². The maximum Gasteiger partial charge on any atom is 0.344 e. The summed E-state index contributed by atoms with van der Waals surface area (Å²) in [7, 11) is 0. The standard InChI is InChI=1S/C27H26N2O4/c28-25(30)16-29-13-5-8-20(15-29)19-11-12-21-22(14-19)27(31)33-24-10-4-9-23(26(21)24)32-17-18-6-2-1-3-7-18/h1-4,6-7,9-12,14,20H,5,8,13,15-17H2,(H2,28,30). The van der Waals surface area contributed by atoms with E-state index in [1.165, 1.54) is 0 Å². The van der Waals surface area contributed by atoms with Crippen LogP contribution < -0.4 is 16.1 Å². The number of rotatable bonds is 6. The molecule has 6 nitrogen and oxygen atoms in total. The maximum absolute atomic E-state index is 12.8. The predicted octanol–water partition coefficient (Wildman–Crippen LogP) is 4.19. The van der Waals surface area contributed by atoms with Crippen LogP contribution >= 0.6 is 0 Å². The molecule has 0 radical (unpaired) electrons. The minimum atomic E-state index is -0.357. The smallest absolute Gasteiger partial charge is 0.344 e. The number of fused-ring (bicyclic) bond motifs is 3. The Hall–Kier alpha value is -3.64. The minimum Gasteiger partial charge on any atom is -0.488 e. The van der Waals surface area contributed by atoms with Crippen LogP contribution in [0.25, 0.3) is 21.7 Å². The molecule has 1 aromatic heterocycles. The number of amides is 1. The molecule has 1 saturated heterocycles. The first-order chi connectivity index (χ1) is 16.1. The molecule has 1 unspecified atom stereocenters. The summed E-state index contributed by atoms with van der Waals surface area (Å²) in [5.41, 5.74) is 7.68. The normalized spacial score (nSPS) is 16.8. The summed E-state index contributed by atoms with van der Waals surface area (Å²) >= 11 is 0. The van der Waals surface area contributed by atoms with Crippen LogP contribution in [0, 0.1) is 0 Å². The fraction of sp³-hybridized carbons (Fsp3) is 0.259. The Morgan fingerprint density at radius 2 is 1.91 bits per heavy atom. The SMILES string of the molecule is NC(=O)CN1CCCC(c2ccc3c(c2)c(=O)oc2cccc(OCc4ccccc4)c23)C1. The van der Waals surface area contributed by atoms with E-state index in [9.17, 15) is 9.59 Å². The van der Waals surface area contributed by atoms with Crippen LogP contribution in [0.15, 0.2) is 75.9 Å². The Bertz CT molecular complexity index is 1360. The number of piperidine rings is 1. The van der Waals surface area contributed by atoms with Gasteiger partial charge in [-0.1, -0.05) is 48.5 Å². The van der Waals surface area contributed by atoms with E-state index in [0.717, 1.165) is 47.8 Å². The predicted molar refractivity (Wildman–Crippen MR) is 128 cm³/mol. The van der Waals surface area contributed by atoms with Crippen LogP contribution in [-0.4, -0.2) is 30.4 Å². The van der Waals surface area contributed by atoms with Crippen LogP contribution in [0.1, 0.15) is 29.9 Å². The number of hydrogen-bond acceptors (Lipinski definition) is 5. The summed E-state index contributed by atoms with van der Waals surface area (Å²) < 4.78 is 11.8. The highest BCUT2D eigenvalue weighted by molar-refractivity contribution is 6.07. The van der Waals surface area contributed by atoms with Gasteiger partial charge in [-0.15, -0.1) is 0 Å². The van der Waals surface area contributed by atoms with Crippen LogP contribution in [0.5, 0.6) is 5.75 Å². The second kappa shape index (κ2) is 9.08. The first-order valence-electron chi connectivity index (χ1n) is 11.3. The van der Waals surface area contributed by atoms with Gasteiger partial charge in [0.25, 0.3) is 0 Å². The number of carbonyl (C=O) groups excluding carboxylic acids is 1. The lowest BCUT2D eigenvalue weighted by Gasteiger charge is -2.32. The zero-order valence-corrected chi connectivity index (χ0v) is 18.3. The molecule has 1 atom stereocenters. The largest absolute Gasteiger partial charge is 0.488 e. The lowest BCUT2D eigenvalue weighted by atomic mass is 9.89. The first-order valence-corrected chi connectivity index (χ1v) is 11.3. The molecule has 3 aromatic carbocycles. The fourth-order valence-electron chi connectivity index (χ4n) is 4.77. The topological polar surface area (TPSA) is 85.8 Å². The highest BCUT2D eigenvalue weighted by atomic mass is 16.5. The molecule has 1 fully saturated rings. The van der Waals surface area contributed by atoms with Crippen molar-refractivity contribution in [1.82, 2.24) is 4.90 Å². The number of ether oxygens (including phenoxy) is 1. The molecule has 2 heterocycles. The summed E-state index contributed by atoms with van der Waals surface area (Å²) in [6.45, 7) is 2.30. The van der Waals surface area contributed by atoms with Crippen LogP contribution in [-0.2, 0) is 11.4 Å². The highest BCUT2D eigenvalue weighted by Gasteiger charge is 2.23. The molecule has 5 rings (SSSR count). The summed E-state index contributed by atoms with van der Waals surface area (Å²) in [6, 6.07) is 21.5. The van der Waals surface area contributed by atoms with E-state index in [2.05, 4.69) is 11.0 Å². The van der Waals surface area contributed by atoms with Crippen LogP contribution in [0.3, 0.4) is 0 Å². The van der Waals surface area contributed by atoms with Gasteiger partial charge in [0.05, 0.1) is 17.3 Å². The number of nitrogens with two attached hydrogens (primary N) is 1. The van der Waals surface area contributed by atoms with Crippen molar-refractivity contribution in [2.45, 2.75) is 25.4 Å². The third kappa shape index (κ3) is 4.47. The third-order valence-corrected chi connectivity index (χ3v) is 6.32. The van der Waals surface area contributed by atoms with E-state index in [1.807, 2.05) is 54.6 Å². The van der Waals surface area contributed by atoms with Gasteiger partial charge in [0.2, 0.25) is 5.91 Å². The van der Waals surface area contributed by atoms with Crippen molar-refractivity contribution in [3.63, 3.8) is 0 Å². The zero-order valence-electron chi connectivity index (χ0n) is 18.3. The van der Waals surface area contributed by atoms with E-state index >= 15 is 0 Å². The average molecular weight is 443 g/mol. The third-order valence-electron chi connectivity index (χ3n) is 6.32. The van der Waals surface area contributed by atoms with Gasteiger partial charge in [-0.3, -0.25) is 9.69 Å². The quantitative estimate of drug-likeness (QED) is 0.357. The number of hydrogen-bond donors (Lipinski definition) is 1. The monoisotopic (exact) mass is 442 g/mol. The van der Waals surface area contributed by atoms with E-state index in [4.69, 9.17) is 14.9 Å². The van der Waals surface area contributed by atoms with Gasteiger partial charge < -0.3 is 14.9 Å². The molecule has 1 aliphatic heterocycles. The molecular formula is C27H26N2O4. The van der Waals surface area contributed by atoms with Gasteiger partial charge in [0, 0.05) is 11.9 Å². The van der Waals surface area contributed by atoms with Crippen molar-refractivity contribution in [3.8, 4) is 5.75 Å². The fourth-order valence-corrected chi connectivity index (χ4v) is 4.77. The van der Waals surface area contributed by atoms with Crippen molar-refractivity contribution in [3.05, 3.63) is 88.3 Å². The molecule has 2 N–H and O–H groups in total. The highest BCUT2D eigenvalue weighted by Crippen LogP contribution is 2.34. The van der Waals surface area contributed by atoms with E-state index < -0.39 is 0 Å². The van der Waals surface area contributed by atoms with Crippen molar-refractivity contribution in [2.75, 3.05) is 19.6 Å². The van der Waals surface area contributed by atoms with Gasteiger partial charge in [-0.05, 0) is 54.6 Å². The molecule has 1 amide bonds. The summed E-state index contributed by atoms with van der Waals surface area (Å²) in [5, 5.41) is 2.16. The summed E-state index contributed by atoms with van der Waals surface area (Å²) in [5.74, 6) is 0.606. The molecule has 168 valence electrons. The summed E-state index contributed by atoms with van der Waals surface area (Å²) in [6.07, 6.45) is 1.99. The van der Waals surface area contributed by atoms with Gasteiger partial charge in [0.15, 0.2) is 0 Å². The number of benzene rings is 3. The molecule has 6 heteroatoms. The molecule has 0 bridgehead atoms. The van der Waals surface area contributed by atoms with Crippen molar-refractivity contribution >= 4 is 27.6 Å². The molecule has 4 aromatic rings. The molecule has 0 saturated carbocycles. The van der Waals surface area contributed by atoms with Crippen LogP contribution in [0.4, 0.5) is 0 Å². The lowest BCUT2D eigenvalue weighted by Crippen LogP contribution is -2.40. The molecule has 33 heavy (non-hydrogen) atoms. The average Bonchev–Trinajstić information content (AvgIpc) is 2.83. The number of likely N-dealkylation sites (tertiary alicyclic amines) is 1. The van der Waals surface area contributed by atoms with Crippen molar-refractivity contribution in [1.29, 1.82) is 0 Å². The number of carbonyl (C=O) groups is 1. The molecule has 0 aliphatic carbocycles. The number of primary amides is 1. The Kier molecular flexibility index (Phi) is 5.84. The summed E-state index contributed by atoms with van der Waals surface area (Å²) in [4.78, 5) is 26.3. The van der Waals surface area contributed by atoms with Crippen molar-refractivity contribution < 1.29 is 13.9 Å². The Morgan fingerprint density at radius 1 is 1.06 bits per heavy atom. The lowest BCUT2D eigenvalue weighted by molar-refractivity contribution is -0.119. The second-order valence-corrected chi connectivity index (χ2v) is 8.64. The molecular weight excluding hydrogens is 416 g/mol. The Morgan fingerprint density at radius 3 is 2.73 bits per heavy atom. The molecule has 0 spiro atoms. The van der Waals surface area contributed by atoms with Gasteiger partial charge in [0.1, 0.15) is 17.9 Å². The molecule has 1 aliphatic rings. The Labute approximate surface area is 191 Å². The second-order valence-electron chi connectivity index (χ2n) is 8.64. The van der Waals surface area contributed by atoms with E-state index in [0.29, 0.717) is 23.3 Å². The zero-order chi connectivity index (χ0) is 22.8. The minimum absolute atomic E-state index is 0.238. The van der Waals surface area contributed by atoms with E-state index in [1.54, 1.807) is 6.07 Å². The van der Waals surface area contributed by atoms with Gasteiger partial charge in [-0.2, -0.15) is 0 Å². The van der Waals surface area contributed by atoms with Crippen molar-refractivity contribution in [2.24, 2.45) is 5.73 Å². The maximum atomic E-state index is 12.8. The first kappa shape index (κ1) is 21.2. The Balaban J connectivity index is 1.51. The van der Waals surface area contributed by atoms with Crippen LogP contribution in [0.2, 0.25) is 0 Å². The van der Waals surface area contributed by atoms with Gasteiger partial charge in [-0.25, -0.2) is 4.79 Å².